The zero-order chi connectivity index (χ0) is 37.8. The molecule has 2 aliphatic carbocycles. The van der Waals surface area contributed by atoms with Gasteiger partial charge in [-0.3, -0.25) is 34.0 Å². The summed E-state index contributed by atoms with van der Waals surface area (Å²) in [5.74, 6) is -0.348. The second-order valence-corrected chi connectivity index (χ2v) is 15.8. The summed E-state index contributed by atoms with van der Waals surface area (Å²) in [6.45, 7) is 1.68. The van der Waals surface area contributed by atoms with Gasteiger partial charge < -0.3 is 31.5 Å². The number of piperidine rings is 1. The lowest BCUT2D eigenvalue weighted by Crippen LogP contribution is -2.52. The van der Waals surface area contributed by atoms with Crippen LogP contribution in [-0.2, 0) is 45.7 Å². The number of halogens is 1. The number of fused-ring (bicyclic) bond motifs is 1. The summed E-state index contributed by atoms with van der Waals surface area (Å²) in [5.41, 5.74) is 3.23. The minimum absolute atomic E-state index is 0.0817. The van der Waals surface area contributed by atoms with Crippen LogP contribution in [0.4, 0.5) is 10.2 Å². The first-order chi connectivity index (χ1) is 26.1. The van der Waals surface area contributed by atoms with Gasteiger partial charge in [-0.1, -0.05) is 0 Å². The Balaban J connectivity index is 0.743. The molecule has 0 spiro atoms. The standard InChI is InChI=1S/C37H47FN10O5S/c1-47-30(12-21-2-3-21)27(16-44-47)26-14-31(42-17-28(26)38)45-24-6-4-23(5-7-24)41-19-34(51)40-11-10-39-18-33(50)43-15-25-13-22-20-48(37(53)35(22)54-25)29-8-9-32(49)46-36(29)52/h13-14,16-17,21,23-24,29,39,41H,2-12,15,18-20H2,1H3,(H,40,51)(H,42,45)(H,43,50)(H,46,49,52)/t23-,24-,29?. The predicted octanol–water partition coefficient (Wildman–Crippen LogP) is 1.73. The molecule has 1 saturated heterocycles. The molecule has 288 valence electrons. The quantitative estimate of drug-likeness (QED) is 0.0926. The Morgan fingerprint density at radius 3 is 2.48 bits per heavy atom. The zero-order valence-electron chi connectivity index (χ0n) is 30.3. The van der Waals surface area contributed by atoms with Crippen LogP contribution in [0.1, 0.15) is 77.2 Å². The van der Waals surface area contributed by atoms with Gasteiger partial charge in [0.25, 0.3) is 5.91 Å². The Morgan fingerprint density at radius 2 is 1.72 bits per heavy atom. The molecule has 3 fully saturated rings. The van der Waals surface area contributed by atoms with Gasteiger partial charge in [-0.05, 0) is 75.0 Å². The molecule has 0 aromatic carbocycles. The van der Waals surface area contributed by atoms with Crippen LogP contribution < -0.4 is 31.9 Å². The van der Waals surface area contributed by atoms with E-state index >= 15 is 0 Å². The molecule has 7 rings (SSSR count). The Morgan fingerprint density at radius 1 is 0.944 bits per heavy atom. The van der Waals surface area contributed by atoms with Crippen molar-refractivity contribution in [3.63, 3.8) is 0 Å². The molecule has 17 heteroatoms. The molecule has 0 radical (unpaired) electrons. The number of aromatic nitrogens is 3. The average Bonchev–Trinajstić information content (AvgIpc) is 3.67. The van der Waals surface area contributed by atoms with Gasteiger partial charge >= 0.3 is 0 Å². The van der Waals surface area contributed by atoms with E-state index in [2.05, 4.69) is 42.0 Å². The molecule has 6 N–H and O–H groups in total. The summed E-state index contributed by atoms with van der Waals surface area (Å²) in [7, 11) is 1.91. The molecule has 1 unspecified atom stereocenters. The van der Waals surface area contributed by atoms with Crippen molar-refractivity contribution in [3.8, 4) is 11.1 Å². The van der Waals surface area contributed by atoms with E-state index in [0.717, 1.165) is 53.8 Å². The highest BCUT2D eigenvalue weighted by Gasteiger charge is 2.40. The van der Waals surface area contributed by atoms with Gasteiger partial charge in [-0.2, -0.15) is 5.10 Å². The van der Waals surface area contributed by atoms with Crippen LogP contribution in [0.5, 0.6) is 0 Å². The summed E-state index contributed by atoms with van der Waals surface area (Å²) in [5, 5.41) is 22.3. The third-order valence-corrected chi connectivity index (χ3v) is 11.8. The molecule has 3 aromatic rings. The number of pyridine rings is 1. The minimum Gasteiger partial charge on any atom is -0.367 e. The lowest BCUT2D eigenvalue weighted by molar-refractivity contribution is -0.137. The monoisotopic (exact) mass is 762 g/mol. The average molecular weight is 763 g/mol. The maximum absolute atomic E-state index is 14.9. The van der Waals surface area contributed by atoms with Crippen molar-refractivity contribution in [2.75, 3.05) is 31.5 Å². The maximum atomic E-state index is 14.9. The number of carbonyl (C=O) groups is 5. The highest BCUT2D eigenvalue weighted by atomic mass is 32.1. The van der Waals surface area contributed by atoms with Gasteiger partial charge in [0.1, 0.15) is 17.7 Å². The fraction of sp³-hybridized carbons (Fsp3) is 0.541. The summed E-state index contributed by atoms with van der Waals surface area (Å²) in [4.78, 5) is 68.6. The van der Waals surface area contributed by atoms with Crippen LogP contribution in [0.3, 0.4) is 0 Å². The van der Waals surface area contributed by atoms with E-state index in [0.29, 0.717) is 48.2 Å². The molecule has 0 bridgehead atoms. The number of nitrogens with zero attached hydrogens (tertiary/aromatic N) is 4. The zero-order valence-corrected chi connectivity index (χ0v) is 31.2. The fourth-order valence-corrected chi connectivity index (χ4v) is 8.50. The summed E-state index contributed by atoms with van der Waals surface area (Å²) < 4.78 is 16.7. The second-order valence-electron chi connectivity index (χ2n) is 14.7. The lowest BCUT2D eigenvalue weighted by atomic mass is 9.91. The van der Waals surface area contributed by atoms with Crippen molar-refractivity contribution >= 4 is 46.7 Å². The normalized spacial score (nSPS) is 21.2. The maximum Gasteiger partial charge on any atom is 0.265 e. The number of hydrogen-bond acceptors (Lipinski definition) is 11. The lowest BCUT2D eigenvalue weighted by Gasteiger charge is -2.30. The van der Waals surface area contributed by atoms with Crippen LogP contribution in [-0.4, -0.2) is 93.5 Å². The number of imide groups is 1. The van der Waals surface area contributed by atoms with Gasteiger partial charge in [-0.25, -0.2) is 9.37 Å². The Hall–Kier alpha value is -4.74. The molecule has 4 aliphatic rings. The number of carbonyl (C=O) groups excluding carboxylic acids is 5. The van der Waals surface area contributed by atoms with E-state index in [-0.39, 0.29) is 67.6 Å². The first-order valence-electron chi connectivity index (χ1n) is 18.8. The summed E-state index contributed by atoms with van der Waals surface area (Å²) >= 11 is 1.30. The van der Waals surface area contributed by atoms with E-state index in [9.17, 15) is 28.4 Å². The number of rotatable bonds is 16. The van der Waals surface area contributed by atoms with Gasteiger partial charge in [0.05, 0.1) is 36.9 Å². The van der Waals surface area contributed by atoms with Crippen LogP contribution in [0.15, 0.2) is 24.5 Å². The molecule has 3 aromatic heterocycles. The van der Waals surface area contributed by atoms with Crippen molar-refractivity contribution in [2.24, 2.45) is 13.0 Å². The van der Waals surface area contributed by atoms with Gasteiger partial charge in [0, 0.05) is 66.9 Å². The third-order valence-electron chi connectivity index (χ3n) is 10.6. The first-order valence-corrected chi connectivity index (χ1v) is 19.6. The Labute approximate surface area is 316 Å². The largest absolute Gasteiger partial charge is 0.367 e. The highest BCUT2D eigenvalue weighted by molar-refractivity contribution is 7.14. The van der Waals surface area contributed by atoms with Gasteiger partial charge in [-0.15, -0.1) is 11.3 Å². The van der Waals surface area contributed by atoms with E-state index in [1.807, 2.05) is 17.8 Å². The molecular weight excluding hydrogens is 716 g/mol. The van der Waals surface area contributed by atoms with E-state index in [1.165, 1.54) is 35.3 Å². The number of thiophene rings is 1. The van der Waals surface area contributed by atoms with Crippen LogP contribution in [0, 0.1) is 11.7 Å². The second kappa shape index (κ2) is 16.7. The van der Waals surface area contributed by atoms with Crippen LogP contribution in [0.2, 0.25) is 0 Å². The molecular formula is C37H47FN10O5S. The summed E-state index contributed by atoms with van der Waals surface area (Å²) in [6.07, 6.45) is 10.5. The van der Waals surface area contributed by atoms with E-state index in [1.54, 1.807) is 12.3 Å². The fourth-order valence-electron chi connectivity index (χ4n) is 7.43. The van der Waals surface area contributed by atoms with Gasteiger partial charge in [0.15, 0.2) is 0 Å². The molecule has 1 atom stereocenters. The minimum atomic E-state index is -0.647. The predicted molar refractivity (Wildman–Crippen MR) is 199 cm³/mol. The molecule has 15 nitrogen and oxygen atoms in total. The van der Waals surface area contributed by atoms with Gasteiger partial charge in [0.2, 0.25) is 23.6 Å². The number of hydrogen-bond donors (Lipinski definition) is 6. The third kappa shape index (κ3) is 9.13. The van der Waals surface area contributed by atoms with E-state index in [4.69, 9.17) is 0 Å². The number of aryl methyl sites for hydroxylation is 1. The topological polar surface area (TPSA) is 191 Å². The van der Waals surface area contributed by atoms with Crippen LogP contribution >= 0.6 is 11.3 Å². The molecule has 54 heavy (non-hydrogen) atoms. The highest BCUT2D eigenvalue weighted by Crippen LogP contribution is 2.37. The Kier molecular flexibility index (Phi) is 11.6. The van der Waals surface area contributed by atoms with Crippen molar-refractivity contribution in [3.05, 3.63) is 51.4 Å². The number of amides is 5. The van der Waals surface area contributed by atoms with E-state index < -0.39 is 11.9 Å². The first kappa shape index (κ1) is 37.6. The van der Waals surface area contributed by atoms with Crippen molar-refractivity contribution < 1.29 is 28.4 Å². The number of anilines is 1. The Bertz CT molecular complexity index is 1900. The SMILES string of the molecule is Cn1ncc(-c2cc(N[C@H]3CC[C@H](NCC(=O)NCCNCC(=O)NCc4cc5c(s4)C(=O)N(C4CCC(=O)NC4=O)C5)CC3)ncc2F)c1CC1CC1. The summed E-state index contributed by atoms with van der Waals surface area (Å²) in [6, 6.07) is 3.45. The van der Waals surface area contributed by atoms with Crippen LogP contribution in [0.25, 0.3) is 11.1 Å². The molecule has 5 heterocycles. The van der Waals surface area contributed by atoms with Crippen molar-refractivity contribution in [1.29, 1.82) is 0 Å². The molecule has 2 aliphatic heterocycles. The van der Waals surface area contributed by atoms with Crippen molar-refractivity contribution in [2.45, 2.75) is 89.0 Å². The number of nitrogens with one attached hydrogen (secondary N) is 6. The molecule has 5 amide bonds. The van der Waals surface area contributed by atoms with Crippen molar-refractivity contribution in [1.82, 2.24) is 46.2 Å². The smallest absolute Gasteiger partial charge is 0.265 e. The molecule has 2 saturated carbocycles.